The zero-order chi connectivity index (χ0) is 26.9. The van der Waals surface area contributed by atoms with Gasteiger partial charge in [0.15, 0.2) is 5.76 Å². The Bertz CT molecular complexity index is 1330. The van der Waals surface area contributed by atoms with Gasteiger partial charge >= 0.3 is 0 Å². The van der Waals surface area contributed by atoms with Crippen molar-refractivity contribution in [3.8, 4) is 17.1 Å². The standard InChI is InChI=1S/C30H38N4O4/c1-5-21(35)9-7-6-8-10-24(33-28(36)23-15-30(23)17-34(3)18-30)29-31-16-27(38-29)22-13-20-12-11-19(2)32-25(20)14-26(22)37-4/h11-14,16,23-24H,5-10,15,17-18H2,1-4H3,(H,33,36)/t23?,24-/m0/s1. The van der Waals surface area contributed by atoms with Gasteiger partial charge < -0.3 is 19.4 Å². The molecule has 1 unspecified atom stereocenters. The fraction of sp³-hybridized carbons (Fsp3) is 0.533. The first-order valence-electron chi connectivity index (χ1n) is 13.7. The van der Waals surface area contributed by atoms with Crippen LogP contribution in [0.2, 0.25) is 0 Å². The Morgan fingerprint density at radius 2 is 2.05 bits per heavy atom. The summed E-state index contributed by atoms with van der Waals surface area (Å²) in [4.78, 5) is 36.3. The predicted molar refractivity (Wildman–Crippen MR) is 146 cm³/mol. The number of aryl methyl sites for hydroxylation is 1. The van der Waals surface area contributed by atoms with Gasteiger partial charge in [-0.05, 0) is 45.4 Å². The van der Waals surface area contributed by atoms with Crippen molar-refractivity contribution in [1.82, 2.24) is 20.2 Å². The number of likely N-dealkylation sites (tertiary alicyclic amines) is 1. The SMILES string of the molecule is CCC(=O)CCCCC[C@H](NC(=O)C1CC12CN(C)C2)c1ncc(-c2cc3ccc(C)nc3cc2OC)o1. The second-order valence-corrected chi connectivity index (χ2v) is 11.1. The van der Waals surface area contributed by atoms with Crippen LogP contribution in [0.1, 0.15) is 69.5 Å². The maximum atomic E-state index is 13.2. The van der Waals surface area contributed by atoms with Crippen molar-refractivity contribution in [2.75, 3.05) is 27.2 Å². The molecule has 2 aliphatic rings. The van der Waals surface area contributed by atoms with Gasteiger partial charge in [-0.2, -0.15) is 0 Å². The molecule has 5 rings (SSSR count). The molecule has 1 N–H and O–H groups in total. The summed E-state index contributed by atoms with van der Waals surface area (Å²) in [5.74, 6) is 2.21. The minimum absolute atomic E-state index is 0.0642. The zero-order valence-corrected chi connectivity index (χ0v) is 22.9. The molecule has 2 atom stereocenters. The van der Waals surface area contributed by atoms with Crippen LogP contribution in [-0.4, -0.2) is 53.8 Å². The van der Waals surface area contributed by atoms with Gasteiger partial charge in [0, 0.05) is 54.4 Å². The molecular weight excluding hydrogens is 480 g/mol. The number of rotatable bonds is 12. The maximum absolute atomic E-state index is 13.2. The molecule has 8 heteroatoms. The molecule has 1 aliphatic carbocycles. The van der Waals surface area contributed by atoms with E-state index in [1.807, 2.05) is 38.1 Å². The number of hydrogen-bond donors (Lipinski definition) is 1. The minimum atomic E-state index is -0.315. The minimum Gasteiger partial charge on any atom is -0.496 e. The fourth-order valence-electron chi connectivity index (χ4n) is 5.84. The highest BCUT2D eigenvalue weighted by atomic mass is 16.5. The van der Waals surface area contributed by atoms with Gasteiger partial charge in [-0.25, -0.2) is 4.98 Å². The van der Waals surface area contributed by atoms with Gasteiger partial charge in [0.25, 0.3) is 0 Å². The summed E-state index contributed by atoms with van der Waals surface area (Å²) in [5, 5.41) is 4.24. The van der Waals surface area contributed by atoms with Crippen molar-refractivity contribution >= 4 is 22.6 Å². The number of nitrogens with one attached hydrogen (secondary N) is 1. The van der Waals surface area contributed by atoms with E-state index in [4.69, 9.17) is 9.15 Å². The highest BCUT2D eigenvalue weighted by Crippen LogP contribution is 2.58. The Balaban J connectivity index is 1.33. The number of fused-ring (bicyclic) bond motifs is 1. The zero-order valence-electron chi connectivity index (χ0n) is 22.9. The molecule has 1 saturated carbocycles. The van der Waals surface area contributed by atoms with Crippen molar-refractivity contribution in [1.29, 1.82) is 0 Å². The molecule has 2 fully saturated rings. The second-order valence-electron chi connectivity index (χ2n) is 11.1. The van der Waals surface area contributed by atoms with E-state index in [-0.39, 0.29) is 23.3 Å². The Hall–Kier alpha value is -3.26. The van der Waals surface area contributed by atoms with Crippen LogP contribution in [0.4, 0.5) is 0 Å². The molecule has 0 bridgehead atoms. The number of ketones is 1. The molecule has 8 nitrogen and oxygen atoms in total. The van der Waals surface area contributed by atoms with E-state index < -0.39 is 0 Å². The third kappa shape index (κ3) is 5.46. The average molecular weight is 519 g/mol. The number of ether oxygens (including phenoxy) is 1. The van der Waals surface area contributed by atoms with Crippen molar-refractivity contribution in [2.45, 2.75) is 64.8 Å². The first-order chi connectivity index (χ1) is 18.3. The molecular formula is C30H38N4O4. The van der Waals surface area contributed by atoms with Crippen molar-refractivity contribution < 1.29 is 18.7 Å². The molecule has 1 aromatic carbocycles. The normalized spacial score (nSPS) is 18.8. The molecule has 1 amide bonds. The number of pyridine rings is 1. The summed E-state index contributed by atoms with van der Waals surface area (Å²) in [5.41, 5.74) is 2.76. The summed E-state index contributed by atoms with van der Waals surface area (Å²) in [6.07, 6.45) is 7.24. The number of carbonyl (C=O) groups is 2. The monoisotopic (exact) mass is 518 g/mol. The molecule has 0 radical (unpaired) electrons. The number of benzene rings is 1. The lowest BCUT2D eigenvalue weighted by Crippen LogP contribution is -2.48. The summed E-state index contributed by atoms with van der Waals surface area (Å²) in [6, 6.07) is 7.62. The lowest BCUT2D eigenvalue weighted by atomic mass is 9.94. The third-order valence-electron chi connectivity index (χ3n) is 8.07. The van der Waals surface area contributed by atoms with Crippen LogP contribution < -0.4 is 10.1 Å². The number of amides is 1. The Kier molecular flexibility index (Phi) is 7.52. The second kappa shape index (κ2) is 10.8. The number of aromatic nitrogens is 2. The number of Topliss-reactive ketones (excluding diaryl/α,β-unsaturated/α-hetero) is 1. The third-order valence-corrected chi connectivity index (χ3v) is 8.07. The van der Waals surface area contributed by atoms with Crippen molar-refractivity contribution in [3.63, 3.8) is 0 Å². The molecule has 3 heterocycles. The molecule has 1 spiro atoms. The molecule has 38 heavy (non-hydrogen) atoms. The number of hydrogen-bond acceptors (Lipinski definition) is 7. The molecule has 2 aromatic heterocycles. The van der Waals surface area contributed by atoms with E-state index >= 15 is 0 Å². The first-order valence-corrected chi connectivity index (χ1v) is 13.7. The largest absolute Gasteiger partial charge is 0.496 e. The van der Waals surface area contributed by atoms with Gasteiger partial charge in [-0.15, -0.1) is 0 Å². The van der Waals surface area contributed by atoms with Crippen LogP contribution >= 0.6 is 0 Å². The molecule has 202 valence electrons. The fourth-order valence-corrected chi connectivity index (χ4v) is 5.84. The Labute approximate surface area is 224 Å². The van der Waals surface area contributed by atoms with E-state index in [1.165, 1.54) is 0 Å². The number of methoxy groups -OCH3 is 1. The molecule has 3 aromatic rings. The number of carbonyl (C=O) groups excluding carboxylic acids is 2. The van der Waals surface area contributed by atoms with E-state index in [0.717, 1.165) is 60.9 Å². The van der Waals surface area contributed by atoms with E-state index in [1.54, 1.807) is 13.3 Å². The Morgan fingerprint density at radius 1 is 1.24 bits per heavy atom. The van der Waals surface area contributed by atoms with Gasteiger partial charge in [-0.3, -0.25) is 14.6 Å². The smallest absolute Gasteiger partial charge is 0.224 e. The Morgan fingerprint density at radius 3 is 2.79 bits per heavy atom. The summed E-state index contributed by atoms with van der Waals surface area (Å²) >= 11 is 0. The predicted octanol–water partition coefficient (Wildman–Crippen LogP) is 5.25. The molecule has 1 aliphatic heterocycles. The van der Waals surface area contributed by atoms with Crippen LogP contribution in [0, 0.1) is 18.3 Å². The first kappa shape index (κ1) is 26.4. The van der Waals surface area contributed by atoms with E-state index in [2.05, 4.69) is 27.2 Å². The average Bonchev–Trinajstić information content (AvgIpc) is 3.43. The van der Waals surface area contributed by atoms with Crippen LogP contribution in [-0.2, 0) is 9.59 Å². The van der Waals surface area contributed by atoms with Crippen LogP contribution in [0.25, 0.3) is 22.2 Å². The van der Waals surface area contributed by atoms with Crippen LogP contribution in [0.3, 0.4) is 0 Å². The van der Waals surface area contributed by atoms with Crippen LogP contribution in [0.15, 0.2) is 34.9 Å². The lowest BCUT2D eigenvalue weighted by molar-refractivity contribution is -0.125. The van der Waals surface area contributed by atoms with E-state index in [0.29, 0.717) is 42.4 Å². The summed E-state index contributed by atoms with van der Waals surface area (Å²) in [7, 11) is 3.73. The maximum Gasteiger partial charge on any atom is 0.224 e. The van der Waals surface area contributed by atoms with Gasteiger partial charge in [-0.1, -0.05) is 25.8 Å². The van der Waals surface area contributed by atoms with Gasteiger partial charge in [0.2, 0.25) is 11.8 Å². The van der Waals surface area contributed by atoms with Crippen molar-refractivity contribution in [2.24, 2.45) is 11.3 Å². The highest BCUT2D eigenvalue weighted by molar-refractivity contribution is 5.87. The summed E-state index contributed by atoms with van der Waals surface area (Å²) < 4.78 is 11.9. The number of unbranched alkanes of at least 4 members (excludes halogenated alkanes) is 2. The van der Waals surface area contributed by atoms with E-state index in [9.17, 15) is 9.59 Å². The highest BCUT2D eigenvalue weighted by Gasteiger charge is 2.63. The number of oxazole rings is 1. The lowest BCUT2D eigenvalue weighted by Gasteiger charge is -2.37. The molecule has 1 saturated heterocycles. The summed E-state index contributed by atoms with van der Waals surface area (Å²) in [6.45, 7) is 5.84. The topological polar surface area (TPSA) is 97.6 Å². The van der Waals surface area contributed by atoms with Gasteiger partial charge in [0.1, 0.15) is 17.6 Å². The van der Waals surface area contributed by atoms with Gasteiger partial charge in [0.05, 0.1) is 24.4 Å². The van der Waals surface area contributed by atoms with Crippen LogP contribution in [0.5, 0.6) is 5.75 Å². The number of nitrogens with zero attached hydrogens (tertiary/aromatic N) is 3. The quantitative estimate of drug-likeness (QED) is 0.327. The van der Waals surface area contributed by atoms with Crippen molar-refractivity contribution in [3.05, 3.63) is 42.0 Å².